The number of cyclic esters (lactones) is 1. The predicted molar refractivity (Wildman–Crippen MR) is 180 cm³/mol. The van der Waals surface area contributed by atoms with Crippen LogP contribution in [0.4, 0.5) is 9.59 Å². The number of nitrogens with zero attached hydrogens (tertiary/aromatic N) is 2. The molecule has 4 heterocycles. The molecule has 1 amide bonds. The molecule has 51 heavy (non-hydrogen) atoms. The average Bonchev–Trinajstić information content (AvgIpc) is 3.63. The van der Waals surface area contributed by atoms with E-state index in [2.05, 4.69) is 11.4 Å². The molecular formula is C36H56N3O11Re-. The summed E-state index contributed by atoms with van der Waals surface area (Å²) in [4.78, 5) is 56.3. The first kappa shape index (κ1) is 43.0. The maximum atomic E-state index is 14.3. The third-order valence-electron chi connectivity index (χ3n) is 11.0. The number of fused-ring (bicyclic) bond motifs is 1. The number of aromatic nitrogens is 1. The molecule has 3 saturated heterocycles. The molecule has 0 bridgehead atoms. The van der Waals surface area contributed by atoms with Crippen LogP contribution >= 0.6 is 0 Å². The van der Waals surface area contributed by atoms with Crippen LogP contribution in [0.15, 0.2) is 12.4 Å². The molecule has 3 fully saturated rings. The van der Waals surface area contributed by atoms with Gasteiger partial charge in [-0.3, -0.25) is 9.59 Å². The van der Waals surface area contributed by atoms with E-state index in [1.807, 2.05) is 25.9 Å². The number of amides is 1. The number of carbonyl (C=O) groups is 4. The number of esters is 1. The SMILES string of the molecule is CC[C@H]1OC(=O)[C@H](C)[C@@H](O)[C@H](C)[C@@H](O[C@@H]2O[C@H](C)C[C@H](N(C)C)[C@H]2O)[C@](C)(OC(=O)n2c[c-]c(C)c2)C[C@@H](C)C(=O)[C@H](C)[C@H]2NC(=O)O[C@@]21C.[Re]. The Bertz CT molecular complexity index is 1410. The average molecular weight is 893 g/mol. The van der Waals surface area contributed by atoms with E-state index in [1.165, 1.54) is 17.7 Å². The molecule has 289 valence electrons. The van der Waals surface area contributed by atoms with Crippen molar-refractivity contribution in [3.05, 3.63) is 24.0 Å². The molecule has 0 aliphatic carbocycles. The van der Waals surface area contributed by atoms with Crippen molar-refractivity contribution in [2.45, 2.75) is 142 Å². The van der Waals surface area contributed by atoms with Gasteiger partial charge in [-0.15, -0.1) is 6.20 Å². The van der Waals surface area contributed by atoms with E-state index in [4.69, 9.17) is 23.7 Å². The molecule has 0 spiro atoms. The largest absolute Gasteiger partial charge is 0.458 e. The van der Waals surface area contributed by atoms with E-state index < -0.39 is 89.8 Å². The number of nitrogens with one attached hydrogen (secondary N) is 1. The van der Waals surface area contributed by atoms with Crippen molar-refractivity contribution in [1.82, 2.24) is 14.8 Å². The van der Waals surface area contributed by atoms with Crippen LogP contribution in [0.25, 0.3) is 0 Å². The van der Waals surface area contributed by atoms with Gasteiger partial charge in [-0.25, -0.2) is 21.2 Å². The number of aliphatic hydroxyl groups is 2. The third kappa shape index (κ3) is 8.88. The molecule has 3 N–H and O–H groups in total. The van der Waals surface area contributed by atoms with Crippen LogP contribution in [-0.2, 0) is 53.7 Å². The molecule has 0 unspecified atom stereocenters. The summed E-state index contributed by atoms with van der Waals surface area (Å²) in [5, 5.41) is 26.1. The molecule has 14 atom stereocenters. The summed E-state index contributed by atoms with van der Waals surface area (Å²) in [5.41, 5.74) is -2.36. The summed E-state index contributed by atoms with van der Waals surface area (Å²) < 4.78 is 31.9. The zero-order valence-electron chi connectivity index (χ0n) is 31.5. The van der Waals surface area contributed by atoms with Crippen molar-refractivity contribution in [2.75, 3.05) is 14.1 Å². The smallest absolute Gasteiger partial charge is 0.408 e. The second-order valence-electron chi connectivity index (χ2n) is 15.3. The fourth-order valence-electron chi connectivity index (χ4n) is 8.05. The quantitative estimate of drug-likeness (QED) is 0.224. The number of rotatable bonds is 5. The van der Waals surface area contributed by atoms with Crippen LogP contribution in [0.3, 0.4) is 0 Å². The molecule has 4 rings (SSSR count). The summed E-state index contributed by atoms with van der Waals surface area (Å²) >= 11 is 0. The fraction of sp³-hybridized carbons (Fsp3) is 0.778. The Hall–Kier alpha value is -2.38. The van der Waals surface area contributed by atoms with E-state index in [-0.39, 0.29) is 51.2 Å². The minimum atomic E-state index is -1.65. The van der Waals surface area contributed by atoms with Gasteiger partial charge in [-0.1, -0.05) is 40.8 Å². The number of hydrogen-bond donors (Lipinski definition) is 3. The van der Waals surface area contributed by atoms with Gasteiger partial charge in [-0.05, 0) is 61.1 Å². The Morgan fingerprint density at radius 1 is 1.10 bits per heavy atom. The first-order valence-corrected chi connectivity index (χ1v) is 17.6. The van der Waals surface area contributed by atoms with Gasteiger partial charge in [0.15, 0.2) is 11.9 Å². The number of alkyl carbamates (subject to hydrolysis) is 1. The molecule has 3 aliphatic rings. The topological polar surface area (TPSA) is 175 Å². The number of ether oxygens (including phenoxy) is 5. The Morgan fingerprint density at radius 3 is 2.31 bits per heavy atom. The van der Waals surface area contributed by atoms with Crippen LogP contribution < -0.4 is 5.32 Å². The van der Waals surface area contributed by atoms with E-state index in [1.54, 1.807) is 54.7 Å². The van der Waals surface area contributed by atoms with Gasteiger partial charge in [0.25, 0.3) is 0 Å². The fourth-order valence-corrected chi connectivity index (χ4v) is 8.05. The van der Waals surface area contributed by atoms with Crippen molar-refractivity contribution in [3.8, 4) is 0 Å². The zero-order chi connectivity index (χ0) is 37.5. The number of hydrogen-bond acceptors (Lipinski definition) is 12. The number of likely N-dealkylation sites (N-methyl/N-ethyl adjacent to an activating group) is 1. The minimum Gasteiger partial charge on any atom is -0.458 e. The van der Waals surface area contributed by atoms with Gasteiger partial charge in [-0.2, -0.15) is 0 Å². The molecule has 0 aromatic carbocycles. The number of ketones is 1. The summed E-state index contributed by atoms with van der Waals surface area (Å²) in [6, 6.07) is 1.74. The van der Waals surface area contributed by atoms with Gasteiger partial charge in [0, 0.05) is 44.2 Å². The predicted octanol–water partition coefficient (Wildman–Crippen LogP) is 3.22. The number of aryl methyl sites for hydroxylation is 1. The first-order chi connectivity index (χ1) is 23.2. The zero-order valence-corrected chi connectivity index (χ0v) is 34.3. The summed E-state index contributed by atoms with van der Waals surface area (Å²) in [7, 11) is 3.68. The van der Waals surface area contributed by atoms with Crippen LogP contribution in [0.5, 0.6) is 0 Å². The third-order valence-corrected chi connectivity index (χ3v) is 11.0. The van der Waals surface area contributed by atoms with Gasteiger partial charge in [0.1, 0.15) is 29.7 Å². The van der Waals surface area contributed by atoms with E-state index in [9.17, 15) is 29.4 Å². The molecule has 1 aromatic heterocycles. The molecule has 3 aliphatic heterocycles. The second kappa shape index (κ2) is 16.7. The van der Waals surface area contributed by atoms with Gasteiger partial charge in [0.2, 0.25) is 0 Å². The Kier molecular flexibility index (Phi) is 14.1. The first-order valence-electron chi connectivity index (χ1n) is 17.6. The van der Waals surface area contributed by atoms with Crippen LogP contribution in [0.2, 0.25) is 0 Å². The molecular weight excluding hydrogens is 837 g/mol. The monoisotopic (exact) mass is 893 g/mol. The van der Waals surface area contributed by atoms with Crippen molar-refractivity contribution < 1.29 is 73.5 Å². The summed E-state index contributed by atoms with van der Waals surface area (Å²) in [5.74, 6) is -4.70. The number of carbonyl (C=O) groups excluding carboxylic acids is 4. The summed E-state index contributed by atoms with van der Waals surface area (Å²) in [6.45, 7) is 15.2. The second-order valence-corrected chi connectivity index (χ2v) is 15.3. The van der Waals surface area contributed by atoms with Crippen LogP contribution in [-0.4, -0.2) is 118 Å². The molecule has 0 saturated carbocycles. The standard InChI is InChI=1S/C36H56N3O11.Re/c1-12-25-36(9)29(37-33(44)49-36)21(5)26(40)19(3)16-35(8,50-34(45)39-14-13-18(2)17-39)30(22(6)27(41)23(7)31(43)47-25)48-32-28(42)24(38(10)11)15-20(4)46-32;/h14,17,19-25,27-30,32,41-42H,12,15-16H2,1-11H3,(H,37,44);/q-1;/t19-,20-,21+,22+,23-,24+,25-,27+,28-,29-,30-,32+,35-,36-;/m1./s1. The summed E-state index contributed by atoms with van der Waals surface area (Å²) in [6.07, 6.45) is -4.09. The van der Waals surface area contributed by atoms with E-state index in [0.717, 1.165) is 0 Å². The number of Topliss-reactive ketones (excluding diaryl/α,β-unsaturated/α-hetero) is 1. The maximum absolute atomic E-state index is 14.3. The normalized spacial score (nSPS) is 41.0. The van der Waals surface area contributed by atoms with Crippen molar-refractivity contribution in [3.63, 3.8) is 0 Å². The van der Waals surface area contributed by atoms with Crippen LogP contribution in [0, 0.1) is 36.7 Å². The van der Waals surface area contributed by atoms with Crippen molar-refractivity contribution in [1.29, 1.82) is 0 Å². The minimum absolute atomic E-state index is 0. The number of aliphatic hydroxyl groups excluding tert-OH is 2. The van der Waals surface area contributed by atoms with Crippen LogP contribution in [0.1, 0.15) is 80.2 Å². The van der Waals surface area contributed by atoms with Gasteiger partial charge in [0.05, 0.1) is 24.2 Å². The Morgan fingerprint density at radius 2 is 1.75 bits per heavy atom. The Labute approximate surface area is 314 Å². The van der Waals surface area contributed by atoms with Crippen molar-refractivity contribution in [2.24, 2.45) is 23.7 Å². The Balaban J connectivity index is 0.00000702. The molecule has 15 heteroatoms. The van der Waals surface area contributed by atoms with Gasteiger partial charge >= 0.3 is 18.2 Å². The maximum Gasteiger partial charge on any atom is 0.408 e. The van der Waals surface area contributed by atoms with Gasteiger partial charge < -0.3 is 48.7 Å². The van der Waals surface area contributed by atoms with E-state index in [0.29, 0.717) is 12.0 Å². The molecule has 1 radical (unpaired) electrons. The molecule has 1 aromatic rings. The molecule has 14 nitrogen and oxygen atoms in total. The van der Waals surface area contributed by atoms with Crippen molar-refractivity contribution >= 4 is 23.9 Å². The van der Waals surface area contributed by atoms with E-state index >= 15 is 0 Å².